The SMILES string of the molecule is N[C@@H](Cc1ccccc1)C(=O)N1CCCC2CCCC21. The minimum Gasteiger partial charge on any atom is -0.338 e. The topological polar surface area (TPSA) is 46.3 Å². The minimum atomic E-state index is -0.392. The van der Waals surface area contributed by atoms with Crippen LogP contribution in [0.5, 0.6) is 0 Å². The van der Waals surface area contributed by atoms with E-state index in [0.717, 1.165) is 24.4 Å². The van der Waals surface area contributed by atoms with E-state index in [-0.39, 0.29) is 5.91 Å². The number of nitrogens with zero attached hydrogens (tertiary/aromatic N) is 1. The standard InChI is InChI=1S/C17H24N2O/c18-15(12-13-6-2-1-3-7-13)17(20)19-11-5-9-14-8-4-10-16(14)19/h1-3,6-7,14-16H,4-5,8-12,18H2/t14?,15-,16?/m0/s1. The zero-order valence-corrected chi connectivity index (χ0v) is 12.0. The molecule has 1 heterocycles. The van der Waals surface area contributed by atoms with Crippen LogP contribution in [0.2, 0.25) is 0 Å². The zero-order valence-electron chi connectivity index (χ0n) is 12.0. The Morgan fingerprint density at radius 2 is 1.95 bits per heavy atom. The fourth-order valence-corrected chi connectivity index (χ4v) is 3.90. The lowest BCUT2D eigenvalue weighted by Crippen LogP contribution is -2.52. The molecule has 0 spiro atoms. The highest BCUT2D eigenvalue weighted by molar-refractivity contribution is 5.82. The summed E-state index contributed by atoms with van der Waals surface area (Å²) in [5, 5.41) is 0. The Labute approximate surface area is 121 Å². The van der Waals surface area contributed by atoms with E-state index in [2.05, 4.69) is 4.90 Å². The van der Waals surface area contributed by atoms with Gasteiger partial charge in [0.25, 0.3) is 0 Å². The van der Waals surface area contributed by atoms with Crippen LogP contribution >= 0.6 is 0 Å². The molecule has 3 atom stereocenters. The minimum absolute atomic E-state index is 0.158. The lowest BCUT2D eigenvalue weighted by molar-refractivity contribution is -0.137. The molecule has 1 aromatic carbocycles. The number of carbonyl (C=O) groups excluding carboxylic acids is 1. The number of nitrogens with two attached hydrogens (primary N) is 1. The predicted octanol–water partition coefficient (Wildman–Crippen LogP) is 2.35. The normalized spacial score (nSPS) is 27.1. The number of rotatable bonds is 3. The van der Waals surface area contributed by atoms with E-state index in [4.69, 9.17) is 5.73 Å². The van der Waals surface area contributed by atoms with Crippen molar-refractivity contribution in [3.63, 3.8) is 0 Å². The highest BCUT2D eigenvalue weighted by Gasteiger charge is 2.38. The fourth-order valence-electron chi connectivity index (χ4n) is 3.90. The van der Waals surface area contributed by atoms with Gasteiger partial charge in [0.15, 0.2) is 0 Å². The van der Waals surface area contributed by atoms with Crippen LogP contribution in [-0.2, 0) is 11.2 Å². The molecule has 3 rings (SSSR count). The maximum absolute atomic E-state index is 12.6. The van der Waals surface area contributed by atoms with Gasteiger partial charge in [-0.1, -0.05) is 36.8 Å². The third kappa shape index (κ3) is 2.73. The summed E-state index contributed by atoms with van der Waals surface area (Å²) in [6.45, 7) is 0.905. The second-order valence-corrected chi connectivity index (χ2v) is 6.23. The van der Waals surface area contributed by atoms with Crippen molar-refractivity contribution in [3.8, 4) is 0 Å². The quantitative estimate of drug-likeness (QED) is 0.918. The predicted molar refractivity (Wildman–Crippen MR) is 80.2 cm³/mol. The van der Waals surface area contributed by atoms with Crippen LogP contribution < -0.4 is 5.73 Å². The van der Waals surface area contributed by atoms with Crippen molar-refractivity contribution >= 4 is 5.91 Å². The number of carbonyl (C=O) groups is 1. The van der Waals surface area contributed by atoms with Gasteiger partial charge in [-0.05, 0) is 43.6 Å². The average Bonchev–Trinajstić information content (AvgIpc) is 2.96. The zero-order chi connectivity index (χ0) is 13.9. The first kappa shape index (κ1) is 13.6. The van der Waals surface area contributed by atoms with E-state index in [1.165, 1.54) is 25.7 Å². The van der Waals surface area contributed by atoms with Crippen molar-refractivity contribution in [2.45, 2.75) is 50.6 Å². The van der Waals surface area contributed by atoms with Gasteiger partial charge in [0.2, 0.25) is 5.91 Å². The summed E-state index contributed by atoms with van der Waals surface area (Å²) in [5.41, 5.74) is 7.32. The number of likely N-dealkylation sites (tertiary alicyclic amines) is 1. The molecule has 0 bridgehead atoms. The van der Waals surface area contributed by atoms with E-state index in [1.807, 2.05) is 30.3 Å². The number of hydrogen-bond acceptors (Lipinski definition) is 2. The van der Waals surface area contributed by atoms with Crippen molar-refractivity contribution in [1.29, 1.82) is 0 Å². The van der Waals surface area contributed by atoms with Crippen molar-refractivity contribution in [2.75, 3.05) is 6.54 Å². The van der Waals surface area contributed by atoms with Crippen LogP contribution in [0.4, 0.5) is 0 Å². The van der Waals surface area contributed by atoms with Crippen molar-refractivity contribution < 1.29 is 4.79 Å². The van der Waals surface area contributed by atoms with E-state index in [9.17, 15) is 4.79 Å². The third-order valence-electron chi connectivity index (χ3n) is 4.89. The Morgan fingerprint density at radius 1 is 1.20 bits per heavy atom. The largest absolute Gasteiger partial charge is 0.338 e. The van der Waals surface area contributed by atoms with Gasteiger partial charge in [0.05, 0.1) is 6.04 Å². The molecule has 2 aliphatic rings. The summed E-state index contributed by atoms with van der Waals surface area (Å²) in [7, 11) is 0. The summed E-state index contributed by atoms with van der Waals surface area (Å²) >= 11 is 0. The molecule has 0 aromatic heterocycles. The first-order valence-corrected chi connectivity index (χ1v) is 7.85. The Bertz CT molecular complexity index is 459. The number of fused-ring (bicyclic) bond motifs is 1. The van der Waals surface area contributed by atoms with Gasteiger partial charge < -0.3 is 10.6 Å². The summed E-state index contributed by atoms with van der Waals surface area (Å²) in [6, 6.07) is 10.2. The van der Waals surface area contributed by atoms with Gasteiger partial charge in [-0.25, -0.2) is 0 Å². The lowest BCUT2D eigenvalue weighted by Gasteiger charge is -2.39. The van der Waals surface area contributed by atoms with Crippen LogP contribution in [-0.4, -0.2) is 29.4 Å². The summed E-state index contributed by atoms with van der Waals surface area (Å²) < 4.78 is 0. The van der Waals surface area contributed by atoms with Gasteiger partial charge in [0.1, 0.15) is 0 Å². The fraction of sp³-hybridized carbons (Fsp3) is 0.588. The molecule has 2 N–H and O–H groups in total. The second-order valence-electron chi connectivity index (χ2n) is 6.23. The maximum atomic E-state index is 12.6. The van der Waals surface area contributed by atoms with Crippen LogP contribution in [0.15, 0.2) is 30.3 Å². The molecule has 1 amide bonds. The van der Waals surface area contributed by atoms with Crippen molar-refractivity contribution in [2.24, 2.45) is 11.7 Å². The van der Waals surface area contributed by atoms with Gasteiger partial charge in [0, 0.05) is 12.6 Å². The maximum Gasteiger partial charge on any atom is 0.240 e. The molecule has 3 heteroatoms. The van der Waals surface area contributed by atoms with Crippen LogP contribution in [0.1, 0.15) is 37.7 Å². The number of hydrogen-bond donors (Lipinski definition) is 1. The van der Waals surface area contributed by atoms with Gasteiger partial charge in [-0.3, -0.25) is 4.79 Å². The molecule has 0 radical (unpaired) electrons. The molecule has 20 heavy (non-hydrogen) atoms. The molecule has 1 saturated heterocycles. The molecule has 1 aliphatic carbocycles. The van der Waals surface area contributed by atoms with E-state index >= 15 is 0 Å². The Hall–Kier alpha value is -1.35. The number of benzene rings is 1. The van der Waals surface area contributed by atoms with E-state index in [0.29, 0.717) is 12.5 Å². The Kier molecular flexibility index (Phi) is 4.06. The highest BCUT2D eigenvalue weighted by atomic mass is 16.2. The number of piperidine rings is 1. The van der Waals surface area contributed by atoms with Crippen LogP contribution in [0, 0.1) is 5.92 Å². The Balaban J connectivity index is 1.65. The first-order valence-electron chi connectivity index (χ1n) is 7.85. The number of amides is 1. The summed E-state index contributed by atoms with van der Waals surface area (Å²) in [6.07, 6.45) is 6.82. The third-order valence-corrected chi connectivity index (χ3v) is 4.89. The molecule has 1 saturated carbocycles. The van der Waals surface area contributed by atoms with Gasteiger partial charge in [-0.15, -0.1) is 0 Å². The molecule has 108 valence electrons. The van der Waals surface area contributed by atoms with E-state index in [1.54, 1.807) is 0 Å². The molecule has 1 aliphatic heterocycles. The second kappa shape index (κ2) is 5.96. The molecular weight excluding hydrogens is 248 g/mol. The van der Waals surface area contributed by atoms with Crippen LogP contribution in [0.25, 0.3) is 0 Å². The molecule has 3 nitrogen and oxygen atoms in total. The molecular formula is C17H24N2O. The van der Waals surface area contributed by atoms with Gasteiger partial charge >= 0.3 is 0 Å². The lowest BCUT2D eigenvalue weighted by atomic mass is 9.91. The molecule has 2 fully saturated rings. The van der Waals surface area contributed by atoms with Crippen LogP contribution in [0.3, 0.4) is 0 Å². The Morgan fingerprint density at radius 3 is 2.75 bits per heavy atom. The van der Waals surface area contributed by atoms with Crippen molar-refractivity contribution in [1.82, 2.24) is 4.90 Å². The monoisotopic (exact) mass is 272 g/mol. The smallest absolute Gasteiger partial charge is 0.240 e. The first-order chi connectivity index (χ1) is 9.75. The summed E-state index contributed by atoms with van der Waals surface area (Å²) in [5.74, 6) is 0.891. The summed E-state index contributed by atoms with van der Waals surface area (Å²) in [4.78, 5) is 14.7. The van der Waals surface area contributed by atoms with Gasteiger partial charge in [-0.2, -0.15) is 0 Å². The van der Waals surface area contributed by atoms with Crippen molar-refractivity contribution in [3.05, 3.63) is 35.9 Å². The molecule has 2 unspecified atom stereocenters. The van der Waals surface area contributed by atoms with E-state index < -0.39 is 6.04 Å². The average molecular weight is 272 g/mol. The molecule has 1 aromatic rings. The highest BCUT2D eigenvalue weighted by Crippen LogP contribution is 2.36.